The average Bonchev–Trinajstić information content (AvgIpc) is 3.15. The second-order valence-corrected chi connectivity index (χ2v) is 12.3. The lowest BCUT2D eigenvalue weighted by atomic mass is 9.99. The van der Waals surface area contributed by atoms with E-state index in [1.54, 1.807) is 12.1 Å². The summed E-state index contributed by atoms with van der Waals surface area (Å²) < 4.78 is 34.3. The number of ether oxygens (including phenoxy) is 5. The summed E-state index contributed by atoms with van der Waals surface area (Å²) in [5.74, 6) is -3.87. The molecule has 5 atom stereocenters. The van der Waals surface area contributed by atoms with Crippen molar-refractivity contribution in [3.63, 3.8) is 0 Å². The van der Waals surface area contributed by atoms with Gasteiger partial charge >= 0.3 is 11.9 Å². The molecule has 284 valence electrons. The predicted molar refractivity (Wildman–Crippen MR) is 194 cm³/mol. The largest absolute Gasteiger partial charge is 0.508 e. The van der Waals surface area contributed by atoms with Crippen molar-refractivity contribution in [2.75, 3.05) is 7.11 Å². The molecular formula is C40H34O15. The molecule has 4 aromatic carbocycles. The summed E-state index contributed by atoms with van der Waals surface area (Å²) >= 11 is 0. The first-order valence-corrected chi connectivity index (χ1v) is 16.6. The quantitative estimate of drug-likeness (QED) is 0.0836. The van der Waals surface area contributed by atoms with Crippen molar-refractivity contribution >= 4 is 35.1 Å². The van der Waals surface area contributed by atoms with Crippen molar-refractivity contribution in [1.82, 2.24) is 0 Å². The van der Waals surface area contributed by atoms with Crippen LogP contribution in [-0.2, 0) is 23.8 Å². The number of hydrogen-bond donors (Lipinski definition) is 6. The van der Waals surface area contributed by atoms with Crippen LogP contribution in [0, 0.1) is 0 Å². The number of methoxy groups -OCH3 is 1. The number of rotatable bonds is 10. The highest BCUT2D eigenvalue weighted by atomic mass is 16.7. The molecule has 6 rings (SSSR count). The lowest BCUT2D eigenvalue weighted by Crippen LogP contribution is -2.61. The van der Waals surface area contributed by atoms with Crippen LogP contribution in [0.3, 0.4) is 0 Å². The lowest BCUT2D eigenvalue weighted by molar-refractivity contribution is -0.275. The minimum Gasteiger partial charge on any atom is -0.508 e. The molecule has 0 amide bonds. The summed E-state index contributed by atoms with van der Waals surface area (Å²) in [6, 6.07) is 17.7. The Bertz CT molecular complexity index is 2330. The molecule has 1 aliphatic rings. The minimum absolute atomic E-state index is 0.0266. The zero-order chi connectivity index (χ0) is 39.4. The molecule has 0 aliphatic carbocycles. The Morgan fingerprint density at radius 3 is 1.98 bits per heavy atom. The van der Waals surface area contributed by atoms with Crippen LogP contribution in [-0.4, -0.2) is 80.4 Å². The molecular weight excluding hydrogens is 720 g/mol. The van der Waals surface area contributed by atoms with E-state index in [0.29, 0.717) is 11.1 Å². The Balaban J connectivity index is 1.36. The zero-order valence-corrected chi connectivity index (χ0v) is 29.1. The van der Waals surface area contributed by atoms with Crippen molar-refractivity contribution in [3.8, 4) is 51.6 Å². The van der Waals surface area contributed by atoms with Gasteiger partial charge in [0, 0.05) is 29.8 Å². The summed E-state index contributed by atoms with van der Waals surface area (Å²) in [6.45, 7) is 1.44. The highest BCUT2D eigenvalue weighted by molar-refractivity contribution is 5.89. The first-order valence-electron chi connectivity index (χ1n) is 16.6. The Labute approximate surface area is 311 Å². The van der Waals surface area contributed by atoms with Crippen LogP contribution in [0.1, 0.15) is 18.1 Å². The number of carbonyl (C=O) groups is 2. The maximum Gasteiger partial charge on any atom is 0.331 e. The Hall–Kier alpha value is -6.97. The third-order valence-corrected chi connectivity index (χ3v) is 8.46. The topological polar surface area (TPSA) is 232 Å². The van der Waals surface area contributed by atoms with Crippen molar-refractivity contribution in [1.29, 1.82) is 0 Å². The van der Waals surface area contributed by atoms with Crippen LogP contribution >= 0.6 is 0 Å². The number of phenols is 5. The van der Waals surface area contributed by atoms with E-state index in [0.717, 1.165) is 24.3 Å². The van der Waals surface area contributed by atoms with Gasteiger partial charge in [0.05, 0.1) is 13.2 Å². The van der Waals surface area contributed by atoms with Crippen LogP contribution in [0.2, 0.25) is 0 Å². The number of hydrogen-bond acceptors (Lipinski definition) is 15. The van der Waals surface area contributed by atoms with Gasteiger partial charge in [-0.2, -0.15) is 0 Å². The fourth-order valence-electron chi connectivity index (χ4n) is 5.73. The summed E-state index contributed by atoms with van der Waals surface area (Å²) in [7, 11) is 1.35. The monoisotopic (exact) mass is 754 g/mol. The van der Waals surface area contributed by atoms with E-state index in [2.05, 4.69) is 0 Å². The fourth-order valence-corrected chi connectivity index (χ4v) is 5.73. The Morgan fingerprint density at radius 2 is 1.33 bits per heavy atom. The summed E-state index contributed by atoms with van der Waals surface area (Å²) in [6.07, 6.45) is -3.12. The number of aliphatic hydroxyl groups excluding tert-OH is 1. The number of esters is 2. The van der Waals surface area contributed by atoms with E-state index in [-0.39, 0.29) is 45.3 Å². The van der Waals surface area contributed by atoms with E-state index in [1.165, 1.54) is 80.8 Å². The van der Waals surface area contributed by atoms with Crippen molar-refractivity contribution in [2.24, 2.45) is 0 Å². The summed E-state index contributed by atoms with van der Waals surface area (Å²) in [5, 5.41) is 61.3. The molecule has 0 bridgehead atoms. The van der Waals surface area contributed by atoms with Crippen LogP contribution in [0.4, 0.5) is 0 Å². The molecule has 55 heavy (non-hydrogen) atoms. The third-order valence-electron chi connectivity index (χ3n) is 8.46. The molecule has 1 fully saturated rings. The predicted octanol–water partition coefficient (Wildman–Crippen LogP) is 4.73. The van der Waals surface area contributed by atoms with Crippen molar-refractivity contribution in [3.05, 3.63) is 112 Å². The Morgan fingerprint density at radius 1 is 0.727 bits per heavy atom. The molecule has 2 heterocycles. The van der Waals surface area contributed by atoms with Gasteiger partial charge < -0.3 is 58.7 Å². The average molecular weight is 755 g/mol. The lowest BCUT2D eigenvalue weighted by Gasteiger charge is -2.41. The van der Waals surface area contributed by atoms with E-state index in [9.17, 15) is 45.0 Å². The highest BCUT2D eigenvalue weighted by Crippen LogP contribution is 2.38. The first-order chi connectivity index (χ1) is 26.3. The molecule has 1 aliphatic heterocycles. The van der Waals surface area contributed by atoms with E-state index < -0.39 is 65.3 Å². The molecule has 5 aromatic rings. The molecule has 15 nitrogen and oxygen atoms in total. The van der Waals surface area contributed by atoms with Crippen LogP contribution in [0.5, 0.6) is 40.2 Å². The van der Waals surface area contributed by atoms with Gasteiger partial charge in [0.2, 0.25) is 17.5 Å². The highest BCUT2D eigenvalue weighted by Gasteiger charge is 2.49. The van der Waals surface area contributed by atoms with E-state index in [1.807, 2.05) is 0 Å². The van der Waals surface area contributed by atoms with Gasteiger partial charge in [-0.3, -0.25) is 4.79 Å². The van der Waals surface area contributed by atoms with Gasteiger partial charge in [-0.1, -0.05) is 18.2 Å². The van der Waals surface area contributed by atoms with E-state index in [4.69, 9.17) is 28.1 Å². The number of fused-ring (bicyclic) bond motifs is 1. The number of aromatic hydroxyl groups is 5. The van der Waals surface area contributed by atoms with Crippen molar-refractivity contribution in [2.45, 2.75) is 37.6 Å². The van der Waals surface area contributed by atoms with Gasteiger partial charge in [0.25, 0.3) is 0 Å². The van der Waals surface area contributed by atoms with Crippen molar-refractivity contribution < 1.29 is 68.3 Å². The normalized spacial score (nSPS) is 19.7. The van der Waals surface area contributed by atoms with Gasteiger partial charge in [-0.05, 0) is 78.7 Å². The van der Waals surface area contributed by atoms with Gasteiger partial charge in [-0.15, -0.1) is 0 Å². The number of aliphatic hydroxyl groups is 1. The number of benzene rings is 4. The van der Waals surface area contributed by atoms with Crippen LogP contribution in [0.15, 0.2) is 100 Å². The maximum absolute atomic E-state index is 14.0. The smallest absolute Gasteiger partial charge is 0.331 e. The minimum atomic E-state index is -1.82. The summed E-state index contributed by atoms with van der Waals surface area (Å²) in [5.41, 5.74) is 0.0290. The third kappa shape index (κ3) is 8.48. The van der Waals surface area contributed by atoms with Gasteiger partial charge in [0.15, 0.2) is 29.5 Å². The number of carbonyl (C=O) groups excluding carboxylic acids is 2. The van der Waals surface area contributed by atoms with Crippen LogP contribution in [0.25, 0.3) is 34.4 Å². The Kier molecular flexibility index (Phi) is 11.0. The molecule has 0 spiro atoms. The molecule has 0 radical (unpaired) electrons. The molecule has 1 aromatic heterocycles. The maximum atomic E-state index is 14.0. The molecule has 15 heteroatoms. The summed E-state index contributed by atoms with van der Waals surface area (Å²) in [4.78, 5) is 40.2. The first kappa shape index (κ1) is 37.8. The van der Waals surface area contributed by atoms with E-state index >= 15 is 0 Å². The standard InChI is InChI=1S/C40H34O15/c1-20-36(53-31(46)15-6-21-3-10-24(41)11-4-21)35(49)39(54-32(47)16-7-22-5-14-27(44)29(17-22)50-2)40(51-20)55-38-34(48)33-28(45)18-26(43)19-30(33)52-37(38)23-8-12-25(42)13-9-23/h3-20,35-36,39-45,49H,1-2H3/b15-6+,16-7+/t20-,35+,36-,39+,40-/m0/s1. The SMILES string of the molecule is COc1cc(/C=C/C(=O)O[C@H]2[C@H](Oc3c(-c4ccc(O)cc4)oc4cc(O)cc(O)c4c3=O)O[C@@H](C)[C@H](OC(=O)/C=C/c3ccc(O)cc3)[C@H]2O)ccc1O. The fraction of sp³-hybridized carbons (Fsp3) is 0.175. The van der Waals surface area contributed by atoms with Crippen LogP contribution < -0.4 is 14.9 Å². The molecule has 1 saturated heterocycles. The second-order valence-electron chi connectivity index (χ2n) is 12.3. The zero-order valence-electron chi connectivity index (χ0n) is 29.1. The number of phenolic OH excluding ortho intramolecular Hbond substituents is 5. The molecule has 0 unspecified atom stereocenters. The van der Waals surface area contributed by atoms with Gasteiger partial charge in [0.1, 0.15) is 40.1 Å². The van der Waals surface area contributed by atoms with Gasteiger partial charge in [-0.25, -0.2) is 9.59 Å². The second kappa shape index (κ2) is 16.0. The molecule has 0 saturated carbocycles. The molecule has 6 N–H and O–H groups in total.